The molecule has 3 rings (SSSR count). The zero-order chi connectivity index (χ0) is 12.5. The Morgan fingerprint density at radius 1 is 1.22 bits per heavy atom. The molecular formula is C12H12N6. The van der Waals surface area contributed by atoms with Gasteiger partial charge >= 0.3 is 0 Å². The Morgan fingerprint density at radius 2 is 2.11 bits per heavy atom. The molecule has 0 unspecified atom stereocenters. The quantitative estimate of drug-likeness (QED) is 0.731. The Balaban J connectivity index is 2.06. The summed E-state index contributed by atoms with van der Waals surface area (Å²) in [5.41, 5.74) is 8.56. The molecule has 6 nitrogen and oxygen atoms in total. The van der Waals surface area contributed by atoms with Gasteiger partial charge in [-0.1, -0.05) is 12.1 Å². The molecule has 2 N–H and O–H groups in total. The molecule has 2 aromatic heterocycles. The number of anilines is 1. The largest absolute Gasteiger partial charge is 0.384 e. The van der Waals surface area contributed by atoms with Crippen LogP contribution in [-0.4, -0.2) is 24.5 Å². The molecule has 0 bridgehead atoms. The first-order valence-corrected chi connectivity index (χ1v) is 5.49. The highest BCUT2D eigenvalue weighted by molar-refractivity contribution is 5.64. The van der Waals surface area contributed by atoms with E-state index in [1.165, 1.54) is 6.33 Å². The Morgan fingerprint density at radius 3 is 2.78 bits per heavy atom. The summed E-state index contributed by atoms with van der Waals surface area (Å²) in [6.45, 7) is 0. The molecule has 0 aliphatic heterocycles. The van der Waals surface area contributed by atoms with Crippen LogP contribution < -0.4 is 5.73 Å². The molecule has 2 heterocycles. The molecule has 0 atom stereocenters. The van der Waals surface area contributed by atoms with Crippen LogP contribution in [0.4, 0.5) is 5.82 Å². The van der Waals surface area contributed by atoms with E-state index in [4.69, 9.17) is 5.73 Å². The van der Waals surface area contributed by atoms with E-state index >= 15 is 0 Å². The number of benzene rings is 1. The third-order valence-electron chi connectivity index (χ3n) is 2.74. The zero-order valence-corrected chi connectivity index (χ0v) is 9.85. The van der Waals surface area contributed by atoms with Gasteiger partial charge in [-0.3, -0.25) is 4.68 Å². The van der Waals surface area contributed by atoms with Crippen LogP contribution in [0.5, 0.6) is 0 Å². The number of aryl methyl sites for hydroxylation is 1. The fourth-order valence-corrected chi connectivity index (χ4v) is 1.77. The fraction of sp³-hybridized carbons (Fsp3) is 0.0833. The molecular weight excluding hydrogens is 228 g/mol. The minimum absolute atomic E-state index is 0.635. The second-order valence-corrected chi connectivity index (χ2v) is 3.97. The maximum atomic E-state index is 5.78. The lowest BCUT2D eigenvalue weighted by atomic mass is 10.1. The van der Waals surface area contributed by atoms with Gasteiger partial charge in [0.2, 0.25) is 0 Å². The second kappa shape index (κ2) is 3.99. The van der Waals surface area contributed by atoms with Gasteiger partial charge in [-0.05, 0) is 12.1 Å². The number of aromatic nitrogens is 5. The molecule has 0 aliphatic rings. The van der Waals surface area contributed by atoms with E-state index in [1.807, 2.05) is 37.4 Å². The predicted molar refractivity (Wildman–Crippen MR) is 68.0 cm³/mol. The first-order valence-electron chi connectivity index (χ1n) is 5.49. The average molecular weight is 240 g/mol. The molecule has 90 valence electrons. The zero-order valence-electron chi connectivity index (χ0n) is 9.85. The smallest absolute Gasteiger partial charge is 0.138 e. The number of nitrogens with zero attached hydrogens (tertiary/aromatic N) is 5. The van der Waals surface area contributed by atoms with E-state index in [2.05, 4.69) is 15.2 Å². The Labute approximate surface area is 104 Å². The summed E-state index contributed by atoms with van der Waals surface area (Å²) in [6, 6.07) is 9.75. The van der Waals surface area contributed by atoms with Crippen molar-refractivity contribution in [3.05, 3.63) is 43.0 Å². The van der Waals surface area contributed by atoms with E-state index in [0.29, 0.717) is 5.82 Å². The maximum absolute atomic E-state index is 5.78. The van der Waals surface area contributed by atoms with Gasteiger partial charge in [0.1, 0.15) is 18.5 Å². The van der Waals surface area contributed by atoms with Gasteiger partial charge < -0.3 is 5.73 Å². The number of nitrogens with two attached hydrogens (primary N) is 1. The lowest BCUT2D eigenvalue weighted by Crippen LogP contribution is -1.97. The standard InChI is InChI=1S/C12H12N6/c1-17-12(13)6-11(16-17)9-3-2-4-10(5-9)18-8-14-7-15-18/h2-8H,13H2,1H3. The molecule has 18 heavy (non-hydrogen) atoms. The summed E-state index contributed by atoms with van der Waals surface area (Å²) in [5, 5.41) is 8.45. The topological polar surface area (TPSA) is 74.5 Å². The van der Waals surface area contributed by atoms with Gasteiger partial charge in [0.15, 0.2) is 0 Å². The maximum Gasteiger partial charge on any atom is 0.138 e. The molecule has 0 aliphatic carbocycles. The summed E-state index contributed by atoms with van der Waals surface area (Å²) in [6.07, 6.45) is 3.16. The van der Waals surface area contributed by atoms with Crippen molar-refractivity contribution in [1.29, 1.82) is 0 Å². The summed E-state index contributed by atoms with van der Waals surface area (Å²) < 4.78 is 3.35. The van der Waals surface area contributed by atoms with Crippen molar-refractivity contribution in [2.45, 2.75) is 0 Å². The van der Waals surface area contributed by atoms with Crippen molar-refractivity contribution in [1.82, 2.24) is 24.5 Å². The van der Waals surface area contributed by atoms with Crippen LogP contribution in [0.25, 0.3) is 16.9 Å². The van der Waals surface area contributed by atoms with Crippen molar-refractivity contribution in [2.75, 3.05) is 5.73 Å². The molecule has 3 aromatic rings. The van der Waals surface area contributed by atoms with Crippen molar-refractivity contribution in [2.24, 2.45) is 7.05 Å². The Hall–Kier alpha value is -2.63. The molecule has 0 amide bonds. The molecule has 0 spiro atoms. The minimum Gasteiger partial charge on any atom is -0.384 e. The van der Waals surface area contributed by atoms with Crippen molar-refractivity contribution < 1.29 is 0 Å². The molecule has 0 radical (unpaired) electrons. The first kappa shape index (κ1) is 10.5. The van der Waals surface area contributed by atoms with Crippen LogP contribution in [0.1, 0.15) is 0 Å². The van der Waals surface area contributed by atoms with Crippen molar-refractivity contribution in [3.63, 3.8) is 0 Å². The second-order valence-electron chi connectivity index (χ2n) is 3.97. The molecule has 6 heteroatoms. The van der Waals surface area contributed by atoms with Gasteiger partial charge in [-0.2, -0.15) is 10.2 Å². The van der Waals surface area contributed by atoms with Crippen LogP contribution in [0.2, 0.25) is 0 Å². The molecule has 0 saturated heterocycles. The van der Waals surface area contributed by atoms with E-state index in [9.17, 15) is 0 Å². The normalized spacial score (nSPS) is 10.7. The lowest BCUT2D eigenvalue weighted by Gasteiger charge is -2.02. The van der Waals surface area contributed by atoms with Gasteiger partial charge in [-0.25, -0.2) is 9.67 Å². The van der Waals surface area contributed by atoms with Crippen molar-refractivity contribution >= 4 is 5.82 Å². The highest BCUT2D eigenvalue weighted by atomic mass is 15.3. The first-order chi connectivity index (χ1) is 8.74. The van der Waals surface area contributed by atoms with Gasteiger partial charge in [-0.15, -0.1) is 0 Å². The monoisotopic (exact) mass is 240 g/mol. The highest BCUT2D eigenvalue weighted by Crippen LogP contribution is 2.21. The summed E-state index contributed by atoms with van der Waals surface area (Å²) in [4.78, 5) is 3.93. The van der Waals surface area contributed by atoms with Crippen LogP contribution in [0.15, 0.2) is 43.0 Å². The molecule has 0 saturated carbocycles. The third kappa shape index (κ3) is 1.73. The SMILES string of the molecule is Cn1nc(-c2cccc(-n3cncn3)c2)cc1N. The van der Waals surface area contributed by atoms with E-state index < -0.39 is 0 Å². The number of hydrogen-bond donors (Lipinski definition) is 1. The number of hydrogen-bond acceptors (Lipinski definition) is 4. The lowest BCUT2D eigenvalue weighted by molar-refractivity contribution is 0.782. The van der Waals surface area contributed by atoms with Gasteiger partial charge in [0, 0.05) is 18.7 Å². The van der Waals surface area contributed by atoms with Crippen LogP contribution in [-0.2, 0) is 7.05 Å². The Bertz CT molecular complexity index is 648. The summed E-state index contributed by atoms with van der Waals surface area (Å²) >= 11 is 0. The number of nitrogen functional groups attached to an aromatic ring is 1. The van der Waals surface area contributed by atoms with Crippen LogP contribution >= 0.6 is 0 Å². The minimum atomic E-state index is 0.635. The van der Waals surface area contributed by atoms with E-state index in [1.54, 1.807) is 15.7 Å². The average Bonchev–Trinajstić information content (AvgIpc) is 3.01. The fourth-order valence-electron chi connectivity index (χ4n) is 1.77. The van der Waals surface area contributed by atoms with Gasteiger partial charge in [0.05, 0.1) is 11.4 Å². The van der Waals surface area contributed by atoms with Crippen molar-refractivity contribution in [3.8, 4) is 16.9 Å². The van der Waals surface area contributed by atoms with Gasteiger partial charge in [0.25, 0.3) is 0 Å². The highest BCUT2D eigenvalue weighted by Gasteiger charge is 2.06. The van der Waals surface area contributed by atoms with E-state index in [0.717, 1.165) is 16.9 Å². The number of rotatable bonds is 2. The van der Waals surface area contributed by atoms with Crippen LogP contribution in [0.3, 0.4) is 0 Å². The Kier molecular flexibility index (Phi) is 2.33. The third-order valence-corrected chi connectivity index (χ3v) is 2.74. The molecule has 1 aromatic carbocycles. The summed E-state index contributed by atoms with van der Waals surface area (Å²) in [5.74, 6) is 0.635. The van der Waals surface area contributed by atoms with Crippen LogP contribution in [0, 0.1) is 0 Å². The molecule has 0 fully saturated rings. The van der Waals surface area contributed by atoms with E-state index in [-0.39, 0.29) is 0 Å². The predicted octanol–water partition coefficient (Wildman–Crippen LogP) is 1.25. The summed E-state index contributed by atoms with van der Waals surface area (Å²) in [7, 11) is 1.82.